The van der Waals surface area contributed by atoms with E-state index in [0.29, 0.717) is 16.3 Å². The summed E-state index contributed by atoms with van der Waals surface area (Å²) >= 11 is 1.20. The molecule has 0 spiro atoms. The largest absolute Gasteiger partial charge is 0.481 e. The molecule has 1 heterocycles. The summed E-state index contributed by atoms with van der Waals surface area (Å²) in [5.74, 6) is -0.911. The van der Waals surface area contributed by atoms with Gasteiger partial charge in [-0.15, -0.1) is 11.3 Å². The fraction of sp³-hybridized carbons (Fsp3) is 0.556. The van der Waals surface area contributed by atoms with Crippen LogP contribution in [0.15, 0.2) is 0 Å². The minimum absolute atomic E-state index is 0.0929. The molecule has 0 saturated heterocycles. The first-order valence-corrected chi connectivity index (χ1v) is 5.33. The van der Waals surface area contributed by atoms with Gasteiger partial charge < -0.3 is 5.11 Å². The Labute approximate surface area is 84.6 Å². The van der Waals surface area contributed by atoms with Crippen LogP contribution in [0.5, 0.6) is 0 Å². The van der Waals surface area contributed by atoms with E-state index in [0.717, 1.165) is 18.5 Å². The molecule has 3 nitrogen and oxygen atoms in total. The zero-order chi connectivity index (χ0) is 10.1. The van der Waals surface area contributed by atoms with Crippen molar-refractivity contribution in [3.8, 4) is 0 Å². The third kappa shape index (κ3) is 1.77. The highest BCUT2D eigenvalue weighted by molar-refractivity contribution is 7.11. The number of carboxylic acids is 1. The Morgan fingerprint density at radius 1 is 1.71 bits per heavy atom. The SMILES string of the molecule is O=C(O)Cc1nc2c(s1)C(F)CCC2. The van der Waals surface area contributed by atoms with Crippen LogP contribution in [0.3, 0.4) is 0 Å². The zero-order valence-electron chi connectivity index (χ0n) is 7.49. The summed E-state index contributed by atoms with van der Waals surface area (Å²) < 4.78 is 13.4. The molecule has 0 bridgehead atoms. The maximum atomic E-state index is 13.4. The van der Waals surface area contributed by atoms with E-state index in [2.05, 4.69) is 4.98 Å². The number of halogens is 1. The molecule has 1 aromatic rings. The van der Waals surface area contributed by atoms with Crippen LogP contribution in [-0.2, 0) is 17.6 Å². The van der Waals surface area contributed by atoms with Gasteiger partial charge in [0.05, 0.1) is 17.0 Å². The maximum absolute atomic E-state index is 13.4. The molecule has 1 aliphatic carbocycles. The smallest absolute Gasteiger partial charge is 0.310 e. The number of carbonyl (C=O) groups is 1. The highest BCUT2D eigenvalue weighted by Gasteiger charge is 2.24. The van der Waals surface area contributed by atoms with Crippen LogP contribution in [0, 0.1) is 0 Å². The van der Waals surface area contributed by atoms with Crippen molar-refractivity contribution in [3.05, 3.63) is 15.6 Å². The quantitative estimate of drug-likeness (QED) is 0.822. The van der Waals surface area contributed by atoms with Gasteiger partial charge in [-0.1, -0.05) is 0 Å². The highest BCUT2D eigenvalue weighted by Crippen LogP contribution is 2.36. The molecule has 1 N–H and O–H groups in total. The van der Waals surface area contributed by atoms with Crippen molar-refractivity contribution in [3.63, 3.8) is 0 Å². The van der Waals surface area contributed by atoms with Crippen molar-refractivity contribution in [1.82, 2.24) is 4.98 Å². The molecule has 14 heavy (non-hydrogen) atoms. The fourth-order valence-corrected chi connectivity index (χ4v) is 2.74. The van der Waals surface area contributed by atoms with E-state index >= 15 is 0 Å². The molecule has 1 aromatic heterocycles. The van der Waals surface area contributed by atoms with Gasteiger partial charge in [-0.3, -0.25) is 4.79 Å². The molecule has 1 atom stereocenters. The summed E-state index contributed by atoms with van der Waals surface area (Å²) in [6, 6.07) is 0. The maximum Gasteiger partial charge on any atom is 0.310 e. The van der Waals surface area contributed by atoms with Crippen molar-refractivity contribution in [1.29, 1.82) is 0 Å². The van der Waals surface area contributed by atoms with E-state index in [-0.39, 0.29) is 6.42 Å². The van der Waals surface area contributed by atoms with Crippen molar-refractivity contribution >= 4 is 17.3 Å². The summed E-state index contributed by atoms with van der Waals surface area (Å²) in [5, 5.41) is 9.09. The van der Waals surface area contributed by atoms with Crippen molar-refractivity contribution < 1.29 is 14.3 Å². The van der Waals surface area contributed by atoms with Gasteiger partial charge in [-0.2, -0.15) is 0 Å². The van der Waals surface area contributed by atoms with Gasteiger partial charge in [0.1, 0.15) is 11.2 Å². The van der Waals surface area contributed by atoms with E-state index in [1.807, 2.05) is 0 Å². The predicted octanol–water partition coefficient (Wildman–Crippen LogP) is 2.12. The minimum Gasteiger partial charge on any atom is -0.481 e. The van der Waals surface area contributed by atoms with Gasteiger partial charge in [-0.05, 0) is 19.3 Å². The number of rotatable bonds is 2. The number of hydrogen-bond donors (Lipinski definition) is 1. The lowest BCUT2D eigenvalue weighted by Crippen LogP contribution is -2.03. The molecule has 0 saturated carbocycles. The Morgan fingerprint density at radius 3 is 3.14 bits per heavy atom. The average Bonchev–Trinajstić information content (AvgIpc) is 2.47. The van der Waals surface area contributed by atoms with E-state index in [9.17, 15) is 9.18 Å². The Hall–Kier alpha value is -0.970. The van der Waals surface area contributed by atoms with E-state index in [1.165, 1.54) is 11.3 Å². The van der Waals surface area contributed by atoms with Crippen LogP contribution in [0.1, 0.15) is 34.6 Å². The summed E-state index contributed by atoms with van der Waals surface area (Å²) in [5.41, 5.74) is 0.769. The summed E-state index contributed by atoms with van der Waals surface area (Å²) in [7, 11) is 0. The second kappa shape index (κ2) is 3.65. The second-order valence-electron chi connectivity index (χ2n) is 3.35. The molecule has 0 fully saturated rings. The molecular weight excluding hydrogens is 205 g/mol. The molecule has 0 aliphatic heterocycles. The molecule has 2 rings (SSSR count). The predicted molar refractivity (Wildman–Crippen MR) is 50.2 cm³/mol. The fourth-order valence-electron chi connectivity index (χ4n) is 1.62. The summed E-state index contributed by atoms with van der Waals surface area (Å²) in [4.78, 5) is 15.2. The first-order chi connectivity index (χ1) is 6.66. The van der Waals surface area contributed by atoms with Crippen LogP contribution in [0.25, 0.3) is 0 Å². The van der Waals surface area contributed by atoms with Gasteiger partial charge in [0, 0.05) is 0 Å². The first-order valence-electron chi connectivity index (χ1n) is 4.51. The standard InChI is InChI=1S/C9H10FNO2S/c10-5-2-1-3-6-9(5)14-7(11-6)4-8(12)13/h5H,1-4H2,(H,12,13). The average molecular weight is 215 g/mol. The zero-order valence-corrected chi connectivity index (χ0v) is 8.31. The lowest BCUT2D eigenvalue weighted by Gasteiger charge is -2.12. The normalized spacial score (nSPS) is 20.5. The van der Waals surface area contributed by atoms with E-state index < -0.39 is 12.1 Å². The number of fused-ring (bicyclic) bond motifs is 1. The number of thiazole rings is 1. The van der Waals surface area contributed by atoms with Gasteiger partial charge in [0.25, 0.3) is 0 Å². The van der Waals surface area contributed by atoms with Crippen LogP contribution in [0.2, 0.25) is 0 Å². The Bertz CT molecular complexity index is 364. The number of alkyl halides is 1. The molecular formula is C9H10FNO2S. The topological polar surface area (TPSA) is 50.2 Å². The van der Waals surface area contributed by atoms with Crippen LogP contribution in [-0.4, -0.2) is 16.1 Å². The third-order valence-corrected chi connectivity index (χ3v) is 3.41. The summed E-state index contributed by atoms with van der Waals surface area (Å²) in [6.45, 7) is 0. The van der Waals surface area contributed by atoms with Gasteiger partial charge in [-0.25, -0.2) is 9.37 Å². The van der Waals surface area contributed by atoms with Gasteiger partial charge in [0.15, 0.2) is 0 Å². The first kappa shape index (κ1) is 9.58. The number of aromatic nitrogens is 1. The molecule has 1 aliphatic rings. The van der Waals surface area contributed by atoms with E-state index in [1.54, 1.807) is 0 Å². The summed E-state index contributed by atoms with van der Waals surface area (Å²) in [6.07, 6.45) is 1.11. The van der Waals surface area contributed by atoms with Crippen LogP contribution >= 0.6 is 11.3 Å². The van der Waals surface area contributed by atoms with Crippen molar-refractivity contribution in [2.75, 3.05) is 0 Å². The number of hydrogen-bond acceptors (Lipinski definition) is 3. The van der Waals surface area contributed by atoms with Crippen molar-refractivity contribution in [2.24, 2.45) is 0 Å². The monoisotopic (exact) mass is 215 g/mol. The molecule has 5 heteroatoms. The minimum atomic E-state index is -0.932. The Morgan fingerprint density at radius 2 is 2.50 bits per heavy atom. The molecule has 76 valence electrons. The van der Waals surface area contributed by atoms with Crippen molar-refractivity contribution in [2.45, 2.75) is 31.9 Å². The molecule has 1 unspecified atom stereocenters. The third-order valence-electron chi connectivity index (χ3n) is 2.23. The highest BCUT2D eigenvalue weighted by atomic mass is 32.1. The van der Waals surface area contributed by atoms with Gasteiger partial charge >= 0.3 is 5.97 Å². The number of aryl methyl sites for hydroxylation is 1. The molecule has 0 radical (unpaired) electrons. The number of aliphatic carboxylic acids is 1. The van der Waals surface area contributed by atoms with Gasteiger partial charge in [0.2, 0.25) is 0 Å². The number of carboxylic acid groups (broad SMARTS) is 1. The Balaban J connectivity index is 2.26. The lowest BCUT2D eigenvalue weighted by molar-refractivity contribution is -0.136. The lowest BCUT2D eigenvalue weighted by atomic mass is 10.0. The van der Waals surface area contributed by atoms with Crippen LogP contribution in [0.4, 0.5) is 4.39 Å². The van der Waals surface area contributed by atoms with Crippen LogP contribution < -0.4 is 0 Å². The van der Waals surface area contributed by atoms with E-state index in [4.69, 9.17) is 5.11 Å². The molecule has 0 amide bonds. The number of nitrogens with zero attached hydrogens (tertiary/aromatic N) is 1. The Kier molecular flexibility index (Phi) is 2.50. The molecule has 0 aromatic carbocycles. The second-order valence-corrected chi connectivity index (χ2v) is 4.46.